The molecule has 2 nitrogen and oxygen atoms in total. The highest BCUT2D eigenvalue weighted by atomic mass is 16.3. The monoisotopic (exact) mass is 172 g/mol. The van der Waals surface area contributed by atoms with Gasteiger partial charge in [-0.15, -0.1) is 0 Å². The Hall–Kier alpha value is -0.370. The second-order valence-electron chi connectivity index (χ2n) is 3.25. The highest BCUT2D eigenvalue weighted by Crippen LogP contribution is 2.08. The van der Waals surface area contributed by atoms with Crippen molar-refractivity contribution in [1.82, 2.24) is 0 Å². The Labute approximate surface area is 75.0 Å². The van der Waals surface area contributed by atoms with Gasteiger partial charge in [0.1, 0.15) is 6.29 Å². The maximum Gasteiger partial charge on any atom is 0.120 e. The van der Waals surface area contributed by atoms with E-state index in [9.17, 15) is 9.90 Å². The molecule has 0 heterocycles. The zero-order chi connectivity index (χ0) is 9.23. The average molecular weight is 172 g/mol. The third-order valence-electron chi connectivity index (χ3n) is 2.01. The number of carbonyl (C=O) groups is 1. The van der Waals surface area contributed by atoms with Gasteiger partial charge < -0.3 is 9.90 Å². The Morgan fingerprint density at radius 1 is 1.25 bits per heavy atom. The van der Waals surface area contributed by atoms with Gasteiger partial charge in [0.25, 0.3) is 0 Å². The SMILES string of the molecule is CCCCCCC(O)CCC=O. The van der Waals surface area contributed by atoms with E-state index in [0.717, 1.165) is 19.1 Å². The van der Waals surface area contributed by atoms with Crippen LogP contribution >= 0.6 is 0 Å². The van der Waals surface area contributed by atoms with Crippen molar-refractivity contribution in [3.05, 3.63) is 0 Å². The van der Waals surface area contributed by atoms with Crippen molar-refractivity contribution >= 4 is 6.29 Å². The Morgan fingerprint density at radius 3 is 2.58 bits per heavy atom. The smallest absolute Gasteiger partial charge is 0.120 e. The third kappa shape index (κ3) is 7.73. The highest BCUT2D eigenvalue weighted by molar-refractivity contribution is 5.49. The van der Waals surface area contributed by atoms with Gasteiger partial charge in [-0.1, -0.05) is 32.6 Å². The first-order valence-electron chi connectivity index (χ1n) is 4.93. The molecule has 0 fully saturated rings. The van der Waals surface area contributed by atoms with Gasteiger partial charge in [0.15, 0.2) is 0 Å². The summed E-state index contributed by atoms with van der Waals surface area (Å²) in [4.78, 5) is 9.97. The van der Waals surface area contributed by atoms with Crippen LogP contribution in [0.3, 0.4) is 0 Å². The molecule has 1 N–H and O–H groups in total. The molecule has 0 aromatic rings. The van der Waals surface area contributed by atoms with Crippen LogP contribution in [0.5, 0.6) is 0 Å². The van der Waals surface area contributed by atoms with Crippen molar-refractivity contribution in [3.63, 3.8) is 0 Å². The molecule has 0 aliphatic rings. The van der Waals surface area contributed by atoms with E-state index in [1.807, 2.05) is 0 Å². The van der Waals surface area contributed by atoms with Crippen molar-refractivity contribution in [3.8, 4) is 0 Å². The number of aliphatic hydroxyl groups excluding tert-OH is 1. The fourth-order valence-corrected chi connectivity index (χ4v) is 1.21. The van der Waals surface area contributed by atoms with E-state index in [0.29, 0.717) is 12.8 Å². The summed E-state index contributed by atoms with van der Waals surface area (Å²) in [6.45, 7) is 2.17. The van der Waals surface area contributed by atoms with Crippen molar-refractivity contribution in [2.24, 2.45) is 0 Å². The number of hydrogen-bond acceptors (Lipinski definition) is 2. The minimum atomic E-state index is -0.257. The van der Waals surface area contributed by atoms with Gasteiger partial charge >= 0.3 is 0 Å². The standard InChI is InChI=1S/C10H20O2/c1-2-3-4-5-7-10(12)8-6-9-11/h9-10,12H,2-8H2,1H3. The number of carbonyl (C=O) groups excluding carboxylic acids is 1. The highest BCUT2D eigenvalue weighted by Gasteiger charge is 2.01. The van der Waals surface area contributed by atoms with Crippen LogP contribution in [0.15, 0.2) is 0 Å². The molecule has 1 atom stereocenters. The maximum atomic E-state index is 9.97. The molecule has 0 amide bonds. The number of unbranched alkanes of at least 4 members (excludes halogenated alkanes) is 3. The Balaban J connectivity index is 3.07. The van der Waals surface area contributed by atoms with Crippen LogP contribution in [0.25, 0.3) is 0 Å². The van der Waals surface area contributed by atoms with Gasteiger partial charge in [-0.05, 0) is 12.8 Å². The molecule has 0 saturated heterocycles. The molecule has 0 bridgehead atoms. The minimum Gasteiger partial charge on any atom is -0.393 e. The molecule has 0 radical (unpaired) electrons. The molecule has 0 aliphatic heterocycles. The van der Waals surface area contributed by atoms with E-state index >= 15 is 0 Å². The lowest BCUT2D eigenvalue weighted by Crippen LogP contribution is -2.05. The van der Waals surface area contributed by atoms with Crippen LogP contribution < -0.4 is 0 Å². The maximum absolute atomic E-state index is 9.97. The summed E-state index contributed by atoms with van der Waals surface area (Å²) in [6, 6.07) is 0. The lowest BCUT2D eigenvalue weighted by atomic mass is 10.1. The number of aliphatic hydroxyl groups is 1. The number of rotatable bonds is 8. The van der Waals surface area contributed by atoms with Gasteiger partial charge in [-0.25, -0.2) is 0 Å². The summed E-state index contributed by atoms with van der Waals surface area (Å²) < 4.78 is 0. The normalized spacial score (nSPS) is 12.8. The summed E-state index contributed by atoms with van der Waals surface area (Å²) in [5.41, 5.74) is 0. The number of aldehydes is 1. The van der Waals surface area contributed by atoms with Crippen LogP contribution in [0, 0.1) is 0 Å². The summed E-state index contributed by atoms with van der Waals surface area (Å²) in [6.07, 6.45) is 7.37. The summed E-state index contributed by atoms with van der Waals surface area (Å²) >= 11 is 0. The van der Waals surface area contributed by atoms with Crippen LogP contribution in [0.1, 0.15) is 51.9 Å². The van der Waals surface area contributed by atoms with E-state index in [2.05, 4.69) is 6.92 Å². The van der Waals surface area contributed by atoms with Crippen molar-refractivity contribution in [1.29, 1.82) is 0 Å². The molecule has 0 rings (SSSR count). The Bertz CT molecular complexity index is 102. The van der Waals surface area contributed by atoms with E-state index in [1.54, 1.807) is 0 Å². The molecule has 72 valence electrons. The van der Waals surface area contributed by atoms with E-state index < -0.39 is 0 Å². The minimum absolute atomic E-state index is 0.257. The van der Waals surface area contributed by atoms with E-state index in [1.165, 1.54) is 19.3 Å². The van der Waals surface area contributed by atoms with Crippen LogP contribution in [0.2, 0.25) is 0 Å². The van der Waals surface area contributed by atoms with Gasteiger partial charge in [0, 0.05) is 6.42 Å². The predicted molar refractivity (Wildman–Crippen MR) is 50.1 cm³/mol. The Kier molecular flexibility index (Phi) is 8.46. The second kappa shape index (κ2) is 8.72. The topological polar surface area (TPSA) is 37.3 Å². The molecule has 1 unspecified atom stereocenters. The van der Waals surface area contributed by atoms with Crippen molar-refractivity contribution in [2.45, 2.75) is 58.0 Å². The fraction of sp³-hybridized carbons (Fsp3) is 0.900. The zero-order valence-corrected chi connectivity index (χ0v) is 7.96. The molecule has 0 spiro atoms. The summed E-state index contributed by atoms with van der Waals surface area (Å²) in [7, 11) is 0. The summed E-state index contributed by atoms with van der Waals surface area (Å²) in [5, 5.41) is 9.32. The average Bonchev–Trinajstić information content (AvgIpc) is 2.09. The number of hydrogen-bond donors (Lipinski definition) is 1. The van der Waals surface area contributed by atoms with E-state index in [4.69, 9.17) is 0 Å². The zero-order valence-electron chi connectivity index (χ0n) is 7.96. The first kappa shape index (κ1) is 11.6. The van der Waals surface area contributed by atoms with Gasteiger partial charge in [0.05, 0.1) is 6.10 Å². The van der Waals surface area contributed by atoms with Crippen LogP contribution in [-0.2, 0) is 4.79 Å². The van der Waals surface area contributed by atoms with Gasteiger partial charge in [0.2, 0.25) is 0 Å². The molecular weight excluding hydrogens is 152 g/mol. The fourth-order valence-electron chi connectivity index (χ4n) is 1.21. The van der Waals surface area contributed by atoms with Crippen LogP contribution in [0.4, 0.5) is 0 Å². The third-order valence-corrected chi connectivity index (χ3v) is 2.01. The molecule has 0 aliphatic carbocycles. The lowest BCUT2D eigenvalue weighted by molar-refractivity contribution is -0.108. The predicted octanol–water partition coefficient (Wildman–Crippen LogP) is 2.30. The molecule has 12 heavy (non-hydrogen) atoms. The van der Waals surface area contributed by atoms with E-state index in [-0.39, 0.29) is 6.10 Å². The van der Waals surface area contributed by atoms with Gasteiger partial charge in [-0.2, -0.15) is 0 Å². The molecule has 0 aromatic carbocycles. The molecule has 0 aromatic heterocycles. The van der Waals surface area contributed by atoms with Crippen molar-refractivity contribution < 1.29 is 9.90 Å². The summed E-state index contributed by atoms with van der Waals surface area (Å²) in [5.74, 6) is 0. The molecular formula is C10H20O2. The largest absolute Gasteiger partial charge is 0.393 e. The van der Waals surface area contributed by atoms with Crippen LogP contribution in [-0.4, -0.2) is 17.5 Å². The first-order valence-corrected chi connectivity index (χ1v) is 4.93. The van der Waals surface area contributed by atoms with Gasteiger partial charge in [-0.3, -0.25) is 0 Å². The van der Waals surface area contributed by atoms with Crippen molar-refractivity contribution in [2.75, 3.05) is 0 Å². The first-order chi connectivity index (χ1) is 5.81. The molecule has 2 heteroatoms. The lowest BCUT2D eigenvalue weighted by Gasteiger charge is -2.07. The quantitative estimate of drug-likeness (QED) is 0.450. The second-order valence-corrected chi connectivity index (χ2v) is 3.25. The Morgan fingerprint density at radius 2 is 2.00 bits per heavy atom. The molecule has 0 saturated carbocycles.